The predicted molar refractivity (Wildman–Crippen MR) is 153 cm³/mol. The van der Waals surface area contributed by atoms with Crippen molar-refractivity contribution in [2.45, 2.75) is 39.2 Å². The quantitative estimate of drug-likeness (QED) is 0.427. The Morgan fingerprint density at radius 2 is 1.97 bits per heavy atom. The topological polar surface area (TPSA) is 115 Å². The van der Waals surface area contributed by atoms with E-state index in [9.17, 15) is 9.59 Å². The second kappa shape index (κ2) is 10.8. The highest BCUT2D eigenvalue weighted by atomic mass is 16.2. The Balaban J connectivity index is 1.48. The zero-order chi connectivity index (χ0) is 27.6. The first-order chi connectivity index (χ1) is 18.7. The number of benzene rings is 1. The van der Waals surface area contributed by atoms with Gasteiger partial charge in [0.15, 0.2) is 0 Å². The van der Waals surface area contributed by atoms with E-state index in [0.717, 1.165) is 18.8 Å². The van der Waals surface area contributed by atoms with Crippen molar-refractivity contribution in [2.24, 2.45) is 0 Å². The minimum atomic E-state index is -0.300. The molecule has 0 saturated heterocycles. The Labute approximate surface area is 228 Å². The molecule has 10 heteroatoms. The first-order valence-electron chi connectivity index (χ1n) is 13.1. The third kappa shape index (κ3) is 5.91. The minimum Gasteiger partial charge on any atom is -0.348 e. The van der Waals surface area contributed by atoms with Crippen LogP contribution in [0.2, 0.25) is 0 Å². The number of hydrogen-bond acceptors (Lipinski definition) is 8. The Morgan fingerprint density at radius 3 is 2.79 bits per heavy atom. The lowest BCUT2D eigenvalue weighted by atomic mass is 9.78. The van der Waals surface area contributed by atoms with E-state index in [1.807, 2.05) is 24.3 Å². The molecule has 0 atom stereocenters. The molecule has 2 aromatic heterocycles. The number of fused-ring (bicyclic) bond motifs is 4. The molecule has 0 radical (unpaired) electrons. The monoisotopic (exact) mass is 526 g/mol. The summed E-state index contributed by atoms with van der Waals surface area (Å²) < 4.78 is 0. The number of anilines is 5. The van der Waals surface area contributed by atoms with E-state index < -0.39 is 0 Å². The molecule has 10 nitrogen and oxygen atoms in total. The first kappa shape index (κ1) is 26.3. The summed E-state index contributed by atoms with van der Waals surface area (Å²) in [5, 5.41) is 9.35. The van der Waals surface area contributed by atoms with E-state index in [2.05, 4.69) is 68.8 Å². The average Bonchev–Trinajstić information content (AvgIpc) is 2.87. The Morgan fingerprint density at radius 1 is 1.13 bits per heavy atom. The molecule has 202 valence electrons. The van der Waals surface area contributed by atoms with Crippen LogP contribution in [-0.2, 0) is 16.8 Å². The van der Waals surface area contributed by atoms with Crippen molar-refractivity contribution in [3.8, 4) is 0 Å². The van der Waals surface area contributed by atoms with E-state index in [4.69, 9.17) is 0 Å². The number of pyridine rings is 1. The number of likely N-dealkylation sites (N-methyl/N-ethyl adjacent to an activating group) is 1. The van der Waals surface area contributed by atoms with Gasteiger partial charge >= 0.3 is 0 Å². The van der Waals surface area contributed by atoms with Gasteiger partial charge in [0.2, 0.25) is 11.9 Å². The van der Waals surface area contributed by atoms with Crippen molar-refractivity contribution in [1.82, 2.24) is 25.2 Å². The van der Waals surface area contributed by atoms with Crippen LogP contribution in [0.25, 0.3) is 0 Å². The normalized spacial score (nSPS) is 18.1. The fourth-order valence-corrected chi connectivity index (χ4v) is 5.25. The van der Waals surface area contributed by atoms with Gasteiger partial charge in [-0.15, -0.1) is 0 Å². The van der Waals surface area contributed by atoms with Crippen LogP contribution >= 0.6 is 0 Å². The summed E-state index contributed by atoms with van der Waals surface area (Å²) >= 11 is 0. The molecule has 2 amide bonds. The number of hydrogen-bond donors (Lipinski definition) is 3. The number of nitrogens with one attached hydrogen (secondary N) is 3. The second-order valence-electron chi connectivity index (χ2n) is 10.7. The molecule has 2 bridgehead atoms. The molecule has 1 aromatic carbocycles. The van der Waals surface area contributed by atoms with E-state index >= 15 is 0 Å². The van der Waals surface area contributed by atoms with Crippen molar-refractivity contribution < 1.29 is 9.59 Å². The Bertz CT molecular complexity index is 1430. The summed E-state index contributed by atoms with van der Waals surface area (Å²) in [6.07, 6.45) is 5.94. The molecule has 0 unspecified atom stereocenters. The SMILES string of the molecule is CC(=O)N1CC/C=C\CNC(=O)c2cnc(Nc3ccc4c(c3)CN(C)CC4(C)C)nc2Nc2cccc1n2. The highest BCUT2D eigenvalue weighted by Gasteiger charge is 2.30. The smallest absolute Gasteiger partial charge is 0.256 e. The fraction of sp³-hybridized carbons (Fsp3) is 0.345. The van der Waals surface area contributed by atoms with Crippen molar-refractivity contribution >= 4 is 40.9 Å². The van der Waals surface area contributed by atoms with Gasteiger partial charge in [0, 0.05) is 50.4 Å². The van der Waals surface area contributed by atoms with Gasteiger partial charge in [-0.1, -0.05) is 38.1 Å². The van der Waals surface area contributed by atoms with Crippen LogP contribution in [0.5, 0.6) is 0 Å². The number of aromatic nitrogens is 3. The number of amides is 2. The van der Waals surface area contributed by atoms with E-state index in [1.54, 1.807) is 17.0 Å². The number of nitrogens with zero attached hydrogens (tertiary/aromatic N) is 5. The van der Waals surface area contributed by atoms with Crippen LogP contribution in [0.1, 0.15) is 48.7 Å². The van der Waals surface area contributed by atoms with Crippen LogP contribution < -0.4 is 20.9 Å². The summed E-state index contributed by atoms with van der Waals surface area (Å²) in [6, 6.07) is 11.7. The summed E-state index contributed by atoms with van der Waals surface area (Å²) in [7, 11) is 2.13. The largest absolute Gasteiger partial charge is 0.348 e. The molecule has 0 saturated carbocycles. The maximum Gasteiger partial charge on any atom is 0.256 e. The molecule has 3 aromatic rings. The molecular weight excluding hydrogens is 492 g/mol. The van der Waals surface area contributed by atoms with Crippen molar-refractivity contribution in [3.63, 3.8) is 0 Å². The van der Waals surface area contributed by atoms with E-state index in [0.29, 0.717) is 42.9 Å². The molecule has 0 fully saturated rings. The molecule has 2 aliphatic heterocycles. The first-order valence-corrected chi connectivity index (χ1v) is 13.1. The Kier molecular flexibility index (Phi) is 7.30. The van der Waals surface area contributed by atoms with E-state index in [1.165, 1.54) is 24.2 Å². The van der Waals surface area contributed by atoms with Crippen LogP contribution in [-0.4, -0.2) is 58.3 Å². The third-order valence-corrected chi connectivity index (χ3v) is 6.93. The third-order valence-electron chi connectivity index (χ3n) is 6.93. The highest BCUT2D eigenvalue weighted by Crippen LogP contribution is 2.34. The zero-order valence-electron chi connectivity index (χ0n) is 22.8. The van der Waals surface area contributed by atoms with Crippen LogP contribution in [0, 0.1) is 0 Å². The van der Waals surface area contributed by atoms with Crippen molar-refractivity contribution in [2.75, 3.05) is 42.2 Å². The lowest BCUT2D eigenvalue weighted by molar-refractivity contribution is -0.116. The molecule has 5 rings (SSSR count). The number of rotatable bonds is 2. The molecule has 4 heterocycles. The zero-order valence-corrected chi connectivity index (χ0v) is 22.8. The van der Waals surface area contributed by atoms with Crippen molar-refractivity contribution in [1.29, 1.82) is 0 Å². The molecular formula is C29H34N8O2. The van der Waals surface area contributed by atoms with Crippen LogP contribution in [0.3, 0.4) is 0 Å². The lowest BCUT2D eigenvalue weighted by Gasteiger charge is -2.38. The average molecular weight is 527 g/mol. The van der Waals surface area contributed by atoms with Gasteiger partial charge in [0.05, 0.1) is 0 Å². The van der Waals surface area contributed by atoms with Crippen LogP contribution in [0.15, 0.2) is 54.7 Å². The molecule has 39 heavy (non-hydrogen) atoms. The summed E-state index contributed by atoms with van der Waals surface area (Å²) in [5.74, 6) is 1.25. The maximum atomic E-state index is 13.0. The highest BCUT2D eigenvalue weighted by molar-refractivity contribution is 5.99. The maximum absolute atomic E-state index is 13.0. The standard InChI is InChI=1S/C29H34N8O2/c1-19(38)37-14-7-5-6-13-30-27(39)22-16-31-28(35-26(22)34-24-9-8-10-25(37)33-24)32-21-11-12-23-20(15-21)17-36(4)18-29(23,2)3/h5-6,8-12,15-16H,7,13-14,17-18H2,1-4H3,(H,30,39)(H2,31,32,33,34,35)/b6-5-. The summed E-state index contributed by atoms with van der Waals surface area (Å²) in [4.78, 5) is 43.0. The van der Waals surface area contributed by atoms with Gasteiger partial charge in [-0.25, -0.2) is 9.97 Å². The van der Waals surface area contributed by atoms with Gasteiger partial charge in [0.25, 0.3) is 5.91 Å². The molecule has 3 N–H and O–H groups in total. The fourth-order valence-electron chi connectivity index (χ4n) is 5.25. The summed E-state index contributed by atoms with van der Waals surface area (Å²) in [5.41, 5.74) is 3.83. The second-order valence-corrected chi connectivity index (χ2v) is 10.7. The number of carbonyl (C=O) groups excluding carboxylic acids is 2. The molecule has 2 aliphatic rings. The van der Waals surface area contributed by atoms with Gasteiger partial charge in [-0.2, -0.15) is 4.98 Å². The summed E-state index contributed by atoms with van der Waals surface area (Å²) in [6.45, 7) is 8.75. The van der Waals surface area contributed by atoms with Gasteiger partial charge in [0.1, 0.15) is 23.0 Å². The van der Waals surface area contributed by atoms with Gasteiger partial charge in [-0.3, -0.25) is 14.5 Å². The van der Waals surface area contributed by atoms with Crippen molar-refractivity contribution in [3.05, 3.63) is 71.4 Å². The lowest BCUT2D eigenvalue weighted by Crippen LogP contribution is -2.39. The minimum absolute atomic E-state index is 0.0681. The predicted octanol–water partition coefficient (Wildman–Crippen LogP) is 4.12. The van der Waals surface area contributed by atoms with Gasteiger partial charge in [-0.05, 0) is 48.9 Å². The molecule has 0 spiro atoms. The van der Waals surface area contributed by atoms with Gasteiger partial charge < -0.3 is 20.9 Å². The number of carbonyl (C=O) groups is 2. The van der Waals surface area contributed by atoms with E-state index in [-0.39, 0.29) is 22.8 Å². The van der Waals surface area contributed by atoms with Crippen LogP contribution in [0.4, 0.5) is 29.1 Å². The Hall–Kier alpha value is -4.31. The molecule has 0 aliphatic carbocycles.